The molecule has 0 fully saturated rings. The lowest BCUT2D eigenvalue weighted by Crippen LogP contribution is -2.39. The molecule has 0 saturated heterocycles. The first-order chi connectivity index (χ1) is 6.13. The number of hydrogen-bond acceptors (Lipinski definition) is 3. The zero-order valence-corrected chi connectivity index (χ0v) is 8.71. The number of hydrogen-bond donors (Lipinski definition) is 2. The lowest BCUT2D eigenvalue weighted by molar-refractivity contribution is -0.133. The van der Waals surface area contributed by atoms with Crippen molar-refractivity contribution >= 4 is 5.91 Å². The highest BCUT2D eigenvalue weighted by atomic mass is 16.3. The summed E-state index contributed by atoms with van der Waals surface area (Å²) in [5, 5.41) is 11.7. The van der Waals surface area contributed by atoms with Crippen LogP contribution in [0.4, 0.5) is 0 Å². The number of carbonyl (C=O) groups excluding carboxylic acids is 1. The predicted octanol–water partition coefficient (Wildman–Crippen LogP) is -0.175. The van der Waals surface area contributed by atoms with Crippen LogP contribution in [-0.4, -0.2) is 48.7 Å². The highest BCUT2D eigenvalue weighted by Crippen LogP contribution is 2.00. The molecule has 2 N–H and O–H groups in total. The van der Waals surface area contributed by atoms with Crippen LogP contribution in [0.3, 0.4) is 0 Å². The van der Waals surface area contributed by atoms with Gasteiger partial charge in [-0.1, -0.05) is 0 Å². The van der Waals surface area contributed by atoms with Gasteiger partial charge in [0.2, 0.25) is 5.91 Å². The van der Waals surface area contributed by atoms with E-state index in [2.05, 4.69) is 5.32 Å². The Morgan fingerprint density at radius 3 is 2.54 bits per heavy atom. The van der Waals surface area contributed by atoms with Crippen molar-refractivity contribution in [2.45, 2.75) is 26.3 Å². The number of amides is 1. The number of nitrogens with zero attached hydrogens (tertiary/aromatic N) is 1. The molecule has 0 radical (unpaired) electrons. The third-order valence-electron chi connectivity index (χ3n) is 1.87. The molecular weight excluding hydrogens is 168 g/mol. The zero-order valence-electron chi connectivity index (χ0n) is 8.71. The van der Waals surface area contributed by atoms with Gasteiger partial charge < -0.3 is 15.3 Å². The average Bonchev–Trinajstić information content (AvgIpc) is 2.09. The van der Waals surface area contributed by atoms with Gasteiger partial charge in [0.05, 0.1) is 6.61 Å². The largest absolute Gasteiger partial charge is 0.395 e. The summed E-state index contributed by atoms with van der Waals surface area (Å²) < 4.78 is 0. The van der Waals surface area contributed by atoms with Crippen molar-refractivity contribution in [2.24, 2.45) is 0 Å². The Kier molecular flexibility index (Phi) is 6.54. The van der Waals surface area contributed by atoms with Crippen LogP contribution in [-0.2, 0) is 4.79 Å². The molecule has 0 bridgehead atoms. The van der Waals surface area contributed by atoms with Crippen molar-refractivity contribution in [1.82, 2.24) is 10.2 Å². The van der Waals surface area contributed by atoms with Crippen LogP contribution < -0.4 is 5.32 Å². The van der Waals surface area contributed by atoms with Crippen LogP contribution in [0.15, 0.2) is 0 Å². The lowest BCUT2D eigenvalue weighted by atomic mass is 10.2. The van der Waals surface area contributed by atoms with Crippen molar-refractivity contribution in [3.8, 4) is 0 Å². The average molecular weight is 188 g/mol. The van der Waals surface area contributed by atoms with E-state index >= 15 is 0 Å². The van der Waals surface area contributed by atoms with Gasteiger partial charge in [-0.2, -0.15) is 0 Å². The summed E-state index contributed by atoms with van der Waals surface area (Å²) in [6, 6.07) is 0.163. The van der Waals surface area contributed by atoms with Gasteiger partial charge in [0.25, 0.3) is 0 Å². The van der Waals surface area contributed by atoms with Gasteiger partial charge in [0.15, 0.2) is 0 Å². The first kappa shape index (κ1) is 12.4. The van der Waals surface area contributed by atoms with Crippen molar-refractivity contribution < 1.29 is 9.90 Å². The Morgan fingerprint density at radius 1 is 1.54 bits per heavy atom. The summed E-state index contributed by atoms with van der Waals surface area (Å²) in [5.74, 6) is 0.0957. The van der Waals surface area contributed by atoms with Crippen LogP contribution in [0.1, 0.15) is 20.3 Å². The molecule has 0 aliphatic heterocycles. The van der Waals surface area contributed by atoms with Gasteiger partial charge in [-0.25, -0.2) is 0 Å². The maximum atomic E-state index is 11.5. The van der Waals surface area contributed by atoms with Crippen LogP contribution in [0.2, 0.25) is 0 Å². The molecule has 1 amide bonds. The van der Waals surface area contributed by atoms with E-state index in [0.717, 1.165) is 0 Å². The molecule has 13 heavy (non-hydrogen) atoms. The smallest absolute Gasteiger partial charge is 0.224 e. The summed E-state index contributed by atoms with van der Waals surface area (Å²) in [6.07, 6.45) is 0.495. The first-order valence-corrected chi connectivity index (χ1v) is 4.68. The highest BCUT2D eigenvalue weighted by Gasteiger charge is 2.14. The van der Waals surface area contributed by atoms with E-state index < -0.39 is 0 Å². The summed E-state index contributed by atoms with van der Waals surface area (Å²) in [5.41, 5.74) is 0. The molecule has 0 spiro atoms. The fourth-order valence-corrected chi connectivity index (χ4v) is 1.15. The van der Waals surface area contributed by atoms with Gasteiger partial charge >= 0.3 is 0 Å². The number of aliphatic hydroxyl groups is 1. The molecular formula is C9H20N2O2. The molecule has 0 unspecified atom stereocenters. The Balaban J connectivity index is 3.96. The molecule has 78 valence electrons. The van der Waals surface area contributed by atoms with E-state index in [4.69, 9.17) is 5.11 Å². The molecule has 4 nitrogen and oxygen atoms in total. The monoisotopic (exact) mass is 188 g/mol. The second-order valence-electron chi connectivity index (χ2n) is 3.26. The lowest BCUT2D eigenvalue weighted by Gasteiger charge is -2.25. The second kappa shape index (κ2) is 6.86. The fourth-order valence-electron chi connectivity index (χ4n) is 1.15. The summed E-state index contributed by atoms with van der Waals surface area (Å²) in [4.78, 5) is 13.2. The van der Waals surface area contributed by atoms with Gasteiger partial charge in [0.1, 0.15) is 0 Å². The van der Waals surface area contributed by atoms with Crippen molar-refractivity contribution in [3.05, 3.63) is 0 Å². The van der Waals surface area contributed by atoms with Crippen molar-refractivity contribution in [2.75, 3.05) is 26.7 Å². The Labute approximate surface area is 79.9 Å². The van der Waals surface area contributed by atoms with Crippen LogP contribution >= 0.6 is 0 Å². The number of rotatable bonds is 6. The SMILES string of the molecule is CNCCC(=O)N(CCO)C(C)C. The predicted molar refractivity (Wildman–Crippen MR) is 52.5 cm³/mol. The molecule has 0 heterocycles. The van der Waals surface area contributed by atoms with Crippen LogP contribution in [0, 0.1) is 0 Å². The molecule has 0 saturated carbocycles. The quantitative estimate of drug-likeness (QED) is 0.608. The third-order valence-corrected chi connectivity index (χ3v) is 1.87. The molecule has 0 aromatic carbocycles. The Hall–Kier alpha value is -0.610. The first-order valence-electron chi connectivity index (χ1n) is 4.68. The number of aliphatic hydroxyl groups excluding tert-OH is 1. The fraction of sp³-hybridized carbons (Fsp3) is 0.889. The summed E-state index contributed by atoms with van der Waals surface area (Å²) in [7, 11) is 1.82. The minimum absolute atomic E-state index is 0.0312. The second-order valence-corrected chi connectivity index (χ2v) is 3.26. The van der Waals surface area contributed by atoms with Gasteiger partial charge in [0, 0.05) is 25.6 Å². The van der Waals surface area contributed by atoms with E-state index in [1.54, 1.807) is 4.90 Å². The Morgan fingerprint density at radius 2 is 2.15 bits per heavy atom. The molecule has 4 heteroatoms. The van der Waals surface area contributed by atoms with E-state index in [1.165, 1.54) is 0 Å². The van der Waals surface area contributed by atoms with E-state index in [0.29, 0.717) is 19.5 Å². The van der Waals surface area contributed by atoms with Gasteiger partial charge in [-0.05, 0) is 20.9 Å². The van der Waals surface area contributed by atoms with E-state index in [9.17, 15) is 4.79 Å². The van der Waals surface area contributed by atoms with Gasteiger partial charge in [-0.3, -0.25) is 4.79 Å². The molecule has 0 rings (SSSR count). The standard InChI is InChI=1S/C9H20N2O2/c1-8(2)11(6-7-12)9(13)4-5-10-3/h8,10,12H,4-7H2,1-3H3. The van der Waals surface area contributed by atoms with Gasteiger partial charge in [-0.15, -0.1) is 0 Å². The van der Waals surface area contributed by atoms with Crippen molar-refractivity contribution in [3.63, 3.8) is 0 Å². The van der Waals surface area contributed by atoms with E-state index in [-0.39, 0.29) is 18.6 Å². The normalized spacial score (nSPS) is 10.5. The molecule has 0 aliphatic rings. The minimum Gasteiger partial charge on any atom is -0.395 e. The molecule has 0 aromatic heterocycles. The summed E-state index contributed by atoms with van der Waals surface area (Å²) >= 11 is 0. The van der Waals surface area contributed by atoms with Crippen LogP contribution in [0.5, 0.6) is 0 Å². The maximum absolute atomic E-state index is 11.5. The van der Waals surface area contributed by atoms with Crippen molar-refractivity contribution in [1.29, 1.82) is 0 Å². The Bertz CT molecular complexity index is 149. The number of nitrogens with one attached hydrogen (secondary N) is 1. The molecule has 0 aliphatic carbocycles. The van der Waals surface area contributed by atoms with E-state index in [1.807, 2.05) is 20.9 Å². The number of carbonyl (C=O) groups is 1. The highest BCUT2D eigenvalue weighted by molar-refractivity contribution is 5.76. The topological polar surface area (TPSA) is 52.6 Å². The zero-order chi connectivity index (χ0) is 10.3. The molecule has 0 atom stereocenters. The minimum atomic E-state index is 0.0312. The molecule has 0 aromatic rings. The maximum Gasteiger partial charge on any atom is 0.224 e. The third kappa shape index (κ3) is 4.85. The van der Waals surface area contributed by atoms with Crippen LogP contribution in [0.25, 0.3) is 0 Å². The summed E-state index contributed by atoms with van der Waals surface area (Å²) in [6.45, 7) is 5.05.